The first-order chi connectivity index (χ1) is 13.8. The Morgan fingerprint density at radius 3 is 2.66 bits per heavy atom. The van der Waals surface area contributed by atoms with Crippen LogP contribution in [0.4, 0.5) is 5.69 Å². The van der Waals surface area contributed by atoms with E-state index in [0.717, 1.165) is 47.0 Å². The summed E-state index contributed by atoms with van der Waals surface area (Å²) in [6, 6.07) is 13.2. The van der Waals surface area contributed by atoms with Gasteiger partial charge in [-0.3, -0.25) is 4.79 Å². The van der Waals surface area contributed by atoms with Gasteiger partial charge in [0.15, 0.2) is 6.61 Å². The van der Waals surface area contributed by atoms with Crippen LogP contribution < -0.4 is 15.7 Å². The summed E-state index contributed by atoms with van der Waals surface area (Å²) in [5.74, 6) is 0.259. The number of carbonyl (C=O) groups is 1. The highest BCUT2D eigenvalue weighted by molar-refractivity contribution is 5.93. The zero-order valence-electron chi connectivity index (χ0n) is 17.0. The quantitative estimate of drug-likeness (QED) is 0.660. The van der Waals surface area contributed by atoms with Crippen LogP contribution in [0.15, 0.2) is 51.7 Å². The lowest BCUT2D eigenvalue weighted by Crippen LogP contribution is -2.23. The summed E-state index contributed by atoms with van der Waals surface area (Å²) in [6.07, 6.45) is 2.66. The molecule has 4 rings (SSSR count). The smallest absolute Gasteiger partial charge is 0.339 e. The van der Waals surface area contributed by atoms with Gasteiger partial charge < -0.3 is 14.5 Å². The van der Waals surface area contributed by atoms with Gasteiger partial charge in [0.05, 0.1) is 0 Å². The maximum Gasteiger partial charge on any atom is 0.339 e. The fourth-order valence-electron chi connectivity index (χ4n) is 3.94. The molecule has 1 aromatic heterocycles. The van der Waals surface area contributed by atoms with E-state index in [4.69, 9.17) is 9.15 Å². The minimum absolute atomic E-state index is 0.0825. The molecule has 1 aliphatic carbocycles. The van der Waals surface area contributed by atoms with Gasteiger partial charge in [-0.15, -0.1) is 0 Å². The normalized spacial score (nSPS) is 13.3. The van der Waals surface area contributed by atoms with Gasteiger partial charge in [-0.1, -0.05) is 39.0 Å². The Morgan fingerprint density at radius 2 is 1.86 bits per heavy atom. The van der Waals surface area contributed by atoms with Crippen molar-refractivity contribution < 1.29 is 13.9 Å². The van der Waals surface area contributed by atoms with E-state index in [1.165, 1.54) is 0 Å². The van der Waals surface area contributed by atoms with Crippen molar-refractivity contribution in [2.24, 2.45) is 0 Å². The Labute approximate surface area is 169 Å². The molecule has 0 unspecified atom stereocenters. The van der Waals surface area contributed by atoms with Crippen LogP contribution in [0, 0.1) is 0 Å². The first-order valence-corrected chi connectivity index (χ1v) is 9.94. The zero-order chi connectivity index (χ0) is 20.6. The van der Waals surface area contributed by atoms with Crippen molar-refractivity contribution >= 4 is 22.6 Å². The minimum atomic E-state index is -0.265. The van der Waals surface area contributed by atoms with Crippen LogP contribution in [-0.2, 0) is 23.1 Å². The van der Waals surface area contributed by atoms with E-state index >= 15 is 0 Å². The molecule has 1 aliphatic rings. The number of nitrogens with one attached hydrogen (secondary N) is 1. The standard InChI is InChI=1S/C24H25NO4/c1-24(2,3)19-9-4-5-10-20(19)25-22(26)14-28-15-11-12-17-16-7-6-8-18(16)23(27)29-21(17)13-15/h4-5,9-13H,6-8,14H2,1-3H3,(H,25,26). The molecule has 0 saturated carbocycles. The molecule has 0 radical (unpaired) electrons. The van der Waals surface area contributed by atoms with Crippen LogP contribution in [0.3, 0.4) is 0 Å². The second kappa shape index (κ2) is 7.39. The van der Waals surface area contributed by atoms with E-state index in [9.17, 15) is 9.59 Å². The molecule has 0 aliphatic heterocycles. The Kier molecular flexibility index (Phi) is 4.91. The number of anilines is 1. The molecular formula is C24H25NO4. The van der Waals surface area contributed by atoms with E-state index in [0.29, 0.717) is 11.3 Å². The molecule has 3 aromatic rings. The van der Waals surface area contributed by atoms with E-state index < -0.39 is 0 Å². The third kappa shape index (κ3) is 3.90. The van der Waals surface area contributed by atoms with Crippen LogP contribution >= 0.6 is 0 Å². The molecule has 0 fully saturated rings. The number of hydrogen-bond acceptors (Lipinski definition) is 4. The molecule has 1 heterocycles. The lowest BCUT2D eigenvalue weighted by Gasteiger charge is -2.23. The third-order valence-electron chi connectivity index (χ3n) is 5.32. The fourth-order valence-corrected chi connectivity index (χ4v) is 3.94. The number of amides is 1. The van der Waals surface area contributed by atoms with Crippen molar-refractivity contribution in [1.82, 2.24) is 0 Å². The lowest BCUT2D eigenvalue weighted by molar-refractivity contribution is -0.118. The van der Waals surface area contributed by atoms with Crippen molar-refractivity contribution in [3.05, 3.63) is 69.6 Å². The van der Waals surface area contributed by atoms with Crippen molar-refractivity contribution in [3.8, 4) is 5.75 Å². The fraction of sp³-hybridized carbons (Fsp3) is 0.333. The highest BCUT2D eigenvalue weighted by atomic mass is 16.5. The molecule has 29 heavy (non-hydrogen) atoms. The number of carbonyl (C=O) groups excluding carboxylic acids is 1. The van der Waals surface area contributed by atoms with E-state index in [-0.39, 0.29) is 23.6 Å². The zero-order valence-corrected chi connectivity index (χ0v) is 17.0. The first-order valence-electron chi connectivity index (χ1n) is 9.94. The monoisotopic (exact) mass is 391 g/mol. The molecule has 1 N–H and O–H groups in total. The van der Waals surface area contributed by atoms with E-state index in [1.54, 1.807) is 6.07 Å². The number of aryl methyl sites for hydroxylation is 1. The second-order valence-electron chi connectivity index (χ2n) is 8.49. The van der Waals surface area contributed by atoms with Crippen molar-refractivity contribution in [1.29, 1.82) is 0 Å². The topological polar surface area (TPSA) is 68.5 Å². The Bertz CT molecular complexity index is 1140. The molecule has 1 amide bonds. The average Bonchev–Trinajstić information content (AvgIpc) is 3.16. The molecule has 0 atom stereocenters. The van der Waals surface area contributed by atoms with Gasteiger partial charge in [0.2, 0.25) is 0 Å². The summed E-state index contributed by atoms with van der Waals surface area (Å²) in [5, 5.41) is 3.88. The summed E-state index contributed by atoms with van der Waals surface area (Å²) in [5.41, 5.74) is 3.89. The maximum absolute atomic E-state index is 12.4. The molecular weight excluding hydrogens is 366 g/mol. The Balaban J connectivity index is 1.48. The van der Waals surface area contributed by atoms with Gasteiger partial charge in [0, 0.05) is 22.7 Å². The van der Waals surface area contributed by atoms with Gasteiger partial charge in [0.1, 0.15) is 11.3 Å². The number of rotatable bonds is 4. The molecule has 5 nitrogen and oxygen atoms in total. The van der Waals surface area contributed by atoms with Crippen LogP contribution in [0.25, 0.3) is 11.0 Å². The van der Waals surface area contributed by atoms with Crippen LogP contribution in [0.1, 0.15) is 43.9 Å². The van der Waals surface area contributed by atoms with Gasteiger partial charge in [-0.05, 0) is 54.0 Å². The van der Waals surface area contributed by atoms with Gasteiger partial charge in [0.25, 0.3) is 5.91 Å². The van der Waals surface area contributed by atoms with E-state index in [1.807, 2.05) is 36.4 Å². The molecule has 2 aromatic carbocycles. The summed E-state index contributed by atoms with van der Waals surface area (Å²) in [6.45, 7) is 6.19. The number of ether oxygens (including phenoxy) is 1. The third-order valence-corrected chi connectivity index (χ3v) is 5.32. The molecule has 0 bridgehead atoms. The summed E-state index contributed by atoms with van der Waals surface area (Å²) in [7, 11) is 0. The van der Waals surface area contributed by atoms with Crippen LogP contribution in [0.5, 0.6) is 5.75 Å². The number of fused-ring (bicyclic) bond motifs is 3. The summed E-state index contributed by atoms with van der Waals surface area (Å²) < 4.78 is 11.1. The highest BCUT2D eigenvalue weighted by Crippen LogP contribution is 2.30. The average molecular weight is 391 g/mol. The van der Waals surface area contributed by atoms with E-state index in [2.05, 4.69) is 26.1 Å². The van der Waals surface area contributed by atoms with Crippen molar-refractivity contribution in [2.75, 3.05) is 11.9 Å². The number of para-hydroxylation sites is 1. The van der Waals surface area contributed by atoms with Gasteiger partial charge in [-0.25, -0.2) is 4.79 Å². The molecule has 0 spiro atoms. The predicted molar refractivity (Wildman–Crippen MR) is 114 cm³/mol. The first kappa shape index (κ1) is 19.2. The largest absolute Gasteiger partial charge is 0.484 e. The summed E-state index contributed by atoms with van der Waals surface area (Å²) >= 11 is 0. The maximum atomic E-state index is 12.4. The number of benzene rings is 2. The molecule has 150 valence electrons. The van der Waals surface area contributed by atoms with Crippen molar-refractivity contribution in [2.45, 2.75) is 45.4 Å². The molecule has 5 heteroatoms. The predicted octanol–water partition coefficient (Wildman–Crippen LogP) is 4.60. The van der Waals surface area contributed by atoms with Crippen molar-refractivity contribution in [3.63, 3.8) is 0 Å². The molecule has 0 saturated heterocycles. The highest BCUT2D eigenvalue weighted by Gasteiger charge is 2.20. The van der Waals surface area contributed by atoms with Crippen LogP contribution in [0.2, 0.25) is 0 Å². The Morgan fingerprint density at radius 1 is 1.10 bits per heavy atom. The second-order valence-corrected chi connectivity index (χ2v) is 8.49. The SMILES string of the molecule is CC(C)(C)c1ccccc1NC(=O)COc1ccc2c3c(c(=O)oc2c1)CCC3. The number of hydrogen-bond donors (Lipinski definition) is 1. The summed E-state index contributed by atoms with van der Waals surface area (Å²) in [4.78, 5) is 24.6. The van der Waals surface area contributed by atoms with Crippen LogP contribution in [-0.4, -0.2) is 12.5 Å². The Hall–Kier alpha value is -3.08. The van der Waals surface area contributed by atoms with Gasteiger partial charge in [-0.2, -0.15) is 0 Å². The minimum Gasteiger partial charge on any atom is -0.484 e. The van der Waals surface area contributed by atoms with Gasteiger partial charge >= 0.3 is 5.63 Å². The lowest BCUT2D eigenvalue weighted by atomic mass is 9.86.